The van der Waals surface area contributed by atoms with Gasteiger partial charge in [0.2, 0.25) is 5.91 Å². The standard InChI is InChI=1S/C19H23NO3S2/c1-14-5-7-15(8-6-14)18(12-17-4-3-10-24-17)19(21)20(2)16-9-11-25(22,23)13-16/h3-8,10,16,18H,9,11-13H2,1-2H3. The fraction of sp³-hybridized carbons (Fsp3) is 0.421. The van der Waals surface area contributed by atoms with Gasteiger partial charge in [0.05, 0.1) is 17.4 Å². The molecule has 1 saturated heterocycles. The maximum absolute atomic E-state index is 13.2. The van der Waals surface area contributed by atoms with Crippen molar-refractivity contribution in [1.29, 1.82) is 0 Å². The van der Waals surface area contributed by atoms with E-state index < -0.39 is 9.84 Å². The van der Waals surface area contributed by atoms with E-state index in [4.69, 9.17) is 0 Å². The third-order valence-corrected chi connectivity index (χ3v) is 7.52. The number of thiophene rings is 1. The average molecular weight is 378 g/mol. The average Bonchev–Trinajstić information content (AvgIpc) is 3.21. The SMILES string of the molecule is Cc1ccc(C(Cc2cccs2)C(=O)N(C)C2CCS(=O)(=O)C2)cc1. The summed E-state index contributed by atoms with van der Waals surface area (Å²) >= 11 is 1.64. The van der Waals surface area contributed by atoms with E-state index in [2.05, 4.69) is 0 Å². The van der Waals surface area contributed by atoms with E-state index in [1.165, 1.54) is 0 Å². The van der Waals surface area contributed by atoms with Crippen LogP contribution in [0.3, 0.4) is 0 Å². The number of rotatable bonds is 5. The molecule has 4 nitrogen and oxygen atoms in total. The Bertz CT molecular complexity index is 826. The molecule has 1 aliphatic rings. The summed E-state index contributed by atoms with van der Waals surface area (Å²) in [6.45, 7) is 2.02. The monoisotopic (exact) mass is 377 g/mol. The Kier molecular flexibility index (Phi) is 5.29. The topological polar surface area (TPSA) is 54.5 Å². The van der Waals surface area contributed by atoms with Crippen molar-refractivity contribution in [2.75, 3.05) is 18.6 Å². The van der Waals surface area contributed by atoms with Gasteiger partial charge in [-0.25, -0.2) is 8.42 Å². The van der Waals surface area contributed by atoms with Gasteiger partial charge in [-0.3, -0.25) is 4.79 Å². The summed E-state index contributed by atoms with van der Waals surface area (Å²) in [5, 5.41) is 2.01. The highest BCUT2D eigenvalue weighted by atomic mass is 32.2. The third kappa shape index (κ3) is 4.30. The van der Waals surface area contributed by atoms with E-state index in [1.807, 2.05) is 48.7 Å². The molecule has 1 amide bonds. The lowest BCUT2D eigenvalue weighted by Crippen LogP contribution is -2.41. The minimum atomic E-state index is -3.01. The highest BCUT2D eigenvalue weighted by Gasteiger charge is 2.35. The molecular formula is C19H23NO3S2. The second-order valence-electron chi connectivity index (χ2n) is 6.75. The lowest BCUT2D eigenvalue weighted by Gasteiger charge is -2.28. The number of aryl methyl sites for hydroxylation is 1. The van der Waals surface area contributed by atoms with Gasteiger partial charge in [0.25, 0.3) is 0 Å². The van der Waals surface area contributed by atoms with Crippen LogP contribution in [0, 0.1) is 6.92 Å². The zero-order chi connectivity index (χ0) is 18.0. The Morgan fingerprint density at radius 1 is 1.28 bits per heavy atom. The molecule has 3 rings (SSSR count). The molecule has 0 aliphatic carbocycles. The first-order chi connectivity index (χ1) is 11.9. The van der Waals surface area contributed by atoms with Gasteiger partial charge in [-0.05, 0) is 36.8 Å². The second-order valence-corrected chi connectivity index (χ2v) is 10.0. The number of amides is 1. The van der Waals surface area contributed by atoms with Gasteiger partial charge in [0.15, 0.2) is 9.84 Å². The molecule has 25 heavy (non-hydrogen) atoms. The van der Waals surface area contributed by atoms with Crippen LogP contribution < -0.4 is 0 Å². The zero-order valence-corrected chi connectivity index (χ0v) is 16.1. The van der Waals surface area contributed by atoms with Gasteiger partial charge in [-0.1, -0.05) is 35.9 Å². The van der Waals surface area contributed by atoms with E-state index in [9.17, 15) is 13.2 Å². The summed E-state index contributed by atoms with van der Waals surface area (Å²) in [5.74, 6) is -0.0310. The van der Waals surface area contributed by atoms with Gasteiger partial charge >= 0.3 is 0 Å². The summed E-state index contributed by atoms with van der Waals surface area (Å²) in [6, 6.07) is 11.9. The fourth-order valence-electron chi connectivity index (χ4n) is 3.28. The van der Waals surface area contributed by atoms with E-state index in [0.717, 1.165) is 16.0 Å². The molecule has 2 unspecified atom stereocenters. The van der Waals surface area contributed by atoms with Crippen molar-refractivity contribution < 1.29 is 13.2 Å². The number of hydrogen-bond donors (Lipinski definition) is 0. The molecule has 0 N–H and O–H groups in total. The fourth-order valence-corrected chi connectivity index (χ4v) is 5.81. The van der Waals surface area contributed by atoms with Gasteiger partial charge < -0.3 is 4.90 Å². The Labute approximate surface area is 153 Å². The molecule has 1 aliphatic heterocycles. The Balaban J connectivity index is 1.85. The number of nitrogens with zero attached hydrogens (tertiary/aromatic N) is 1. The van der Waals surface area contributed by atoms with Gasteiger partial charge in [-0.15, -0.1) is 11.3 Å². The normalized spacial score (nSPS) is 20.3. The van der Waals surface area contributed by atoms with E-state index in [0.29, 0.717) is 12.8 Å². The minimum absolute atomic E-state index is 0.000599. The second kappa shape index (κ2) is 7.30. The molecule has 1 aromatic heterocycles. The molecule has 2 atom stereocenters. The van der Waals surface area contributed by atoms with Crippen molar-refractivity contribution in [2.24, 2.45) is 0 Å². The van der Waals surface area contributed by atoms with Crippen LogP contribution in [0.5, 0.6) is 0 Å². The number of carbonyl (C=O) groups is 1. The van der Waals surface area contributed by atoms with Crippen molar-refractivity contribution in [3.8, 4) is 0 Å². The Hall–Kier alpha value is -1.66. The van der Waals surface area contributed by atoms with Crippen molar-refractivity contribution in [1.82, 2.24) is 4.90 Å². The number of benzene rings is 1. The highest BCUT2D eigenvalue weighted by Crippen LogP contribution is 2.28. The lowest BCUT2D eigenvalue weighted by molar-refractivity contribution is -0.133. The quantitative estimate of drug-likeness (QED) is 0.805. The van der Waals surface area contributed by atoms with Crippen molar-refractivity contribution in [3.05, 3.63) is 57.8 Å². The van der Waals surface area contributed by atoms with Gasteiger partial charge in [-0.2, -0.15) is 0 Å². The summed E-state index contributed by atoms with van der Waals surface area (Å²) in [7, 11) is -1.27. The molecule has 2 aromatic rings. The first kappa shape index (κ1) is 18.1. The number of carbonyl (C=O) groups excluding carboxylic acids is 1. The number of likely N-dealkylation sites (N-methyl/N-ethyl adjacent to an activating group) is 1. The van der Waals surface area contributed by atoms with Crippen LogP contribution in [-0.4, -0.2) is 43.8 Å². The van der Waals surface area contributed by atoms with Crippen molar-refractivity contribution >= 4 is 27.1 Å². The summed E-state index contributed by atoms with van der Waals surface area (Å²) in [5.41, 5.74) is 2.14. The van der Waals surface area contributed by atoms with Crippen LogP contribution >= 0.6 is 11.3 Å². The molecule has 0 saturated carbocycles. The molecule has 6 heteroatoms. The maximum atomic E-state index is 13.2. The lowest BCUT2D eigenvalue weighted by atomic mass is 9.92. The summed E-state index contributed by atoms with van der Waals surface area (Å²) < 4.78 is 23.5. The third-order valence-electron chi connectivity index (χ3n) is 4.87. The highest BCUT2D eigenvalue weighted by molar-refractivity contribution is 7.91. The van der Waals surface area contributed by atoms with Crippen LogP contribution in [0.2, 0.25) is 0 Å². The first-order valence-electron chi connectivity index (χ1n) is 8.42. The Morgan fingerprint density at radius 2 is 2.00 bits per heavy atom. The predicted octanol–water partition coefficient (Wildman–Crippen LogP) is 3.03. The van der Waals surface area contributed by atoms with Gasteiger partial charge in [0.1, 0.15) is 0 Å². The van der Waals surface area contributed by atoms with E-state index >= 15 is 0 Å². The van der Waals surface area contributed by atoms with Crippen molar-refractivity contribution in [3.63, 3.8) is 0 Å². The maximum Gasteiger partial charge on any atom is 0.230 e. The Morgan fingerprint density at radius 3 is 2.56 bits per heavy atom. The predicted molar refractivity (Wildman–Crippen MR) is 102 cm³/mol. The first-order valence-corrected chi connectivity index (χ1v) is 11.1. The zero-order valence-electron chi connectivity index (χ0n) is 14.5. The van der Waals surface area contributed by atoms with Gasteiger partial charge in [0, 0.05) is 18.0 Å². The van der Waals surface area contributed by atoms with Crippen LogP contribution in [0.15, 0.2) is 41.8 Å². The summed E-state index contributed by atoms with van der Waals surface area (Å²) in [4.78, 5) is 16.0. The van der Waals surface area contributed by atoms with E-state index in [1.54, 1.807) is 23.3 Å². The smallest absolute Gasteiger partial charge is 0.230 e. The van der Waals surface area contributed by atoms with Crippen LogP contribution in [-0.2, 0) is 21.1 Å². The molecule has 2 heterocycles. The van der Waals surface area contributed by atoms with Crippen LogP contribution in [0.4, 0.5) is 0 Å². The van der Waals surface area contributed by atoms with E-state index in [-0.39, 0.29) is 29.4 Å². The number of hydrogen-bond acceptors (Lipinski definition) is 4. The molecule has 0 spiro atoms. The molecular weight excluding hydrogens is 354 g/mol. The molecule has 0 radical (unpaired) electrons. The van der Waals surface area contributed by atoms with Crippen LogP contribution in [0.25, 0.3) is 0 Å². The van der Waals surface area contributed by atoms with Crippen LogP contribution in [0.1, 0.15) is 28.3 Å². The molecule has 1 fully saturated rings. The molecule has 0 bridgehead atoms. The number of sulfone groups is 1. The largest absolute Gasteiger partial charge is 0.341 e. The molecule has 134 valence electrons. The minimum Gasteiger partial charge on any atom is -0.341 e. The molecule has 1 aromatic carbocycles. The summed E-state index contributed by atoms with van der Waals surface area (Å²) in [6.07, 6.45) is 1.17. The van der Waals surface area contributed by atoms with Crippen molar-refractivity contribution in [2.45, 2.75) is 31.7 Å².